The van der Waals surface area contributed by atoms with Gasteiger partial charge in [0.15, 0.2) is 0 Å². The molecule has 1 aliphatic rings. The van der Waals surface area contributed by atoms with Gasteiger partial charge in [-0.15, -0.1) is 0 Å². The van der Waals surface area contributed by atoms with Crippen molar-refractivity contribution in [2.45, 2.75) is 26.7 Å². The first kappa shape index (κ1) is 8.91. The van der Waals surface area contributed by atoms with E-state index in [1.165, 1.54) is 11.3 Å². The van der Waals surface area contributed by atoms with Crippen molar-refractivity contribution in [1.82, 2.24) is 9.97 Å². The molecule has 1 aromatic rings. The molecule has 0 bridgehead atoms. The van der Waals surface area contributed by atoms with Gasteiger partial charge in [-0.3, -0.25) is 0 Å². The Morgan fingerprint density at radius 2 is 1.92 bits per heavy atom. The fraction of sp³-hybridized carbons (Fsp3) is 0.400. The average molecular weight is 162 g/mol. The predicted molar refractivity (Wildman–Crippen MR) is 49.9 cm³/mol. The molecule has 0 amide bonds. The highest BCUT2D eigenvalue weighted by atomic mass is 14.8. The molecular weight excluding hydrogens is 148 g/mol. The van der Waals surface area contributed by atoms with Crippen LogP contribution in [0.3, 0.4) is 0 Å². The molecule has 0 fully saturated rings. The number of hydrogen-bond acceptors (Lipinski definition) is 2. The van der Waals surface area contributed by atoms with Gasteiger partial charge < -0.3 is 0 Å². The summed E-state index contributed by atoms with van der Waals surface area (Å²) in [6.45, 7) is 4.00. The van der Waals surface area contributed by atoms with Gasteiger partial charge in [0.05, 0.1) is 5.69 Å². The quantitative estimate of drug-likeness (QED) is 0.546. The van der Waals surface area contributed by atoms with Crippen LogP contribution >= 0.6 is 0 Å². The van der Waals surface area contributed by atoms with Crippen molar-refractivity contribution in [2.75, 3.05) is 0 Å². The van der Waals surface area contributed by atoms with Crippen LogP contribution in [0, 0.1) is 0 Å². The van der Waals surface area contributed by atoms with E-state index in [1.807, 2.05) is 20.0 Å². The molecule has 64 valence electrons. The molecule has 0 unspecified atom stereocenters. The van der Waals surface area contributed by atoms with Gasteiger partial charge in [-0.05, 0) is 12.0 Å². The fourth-order valence-corrected chi connectivity index (χ4v) is 1.14. The van der Waals surface area contributed by atoms with Crippen molar-refractivity contribution in [2.24, 2.45) is 0 Å². The molecular formula is C10H14N2. The van der Waals surface area contributed by atoms with Crippen molar-refractivity contribution in [3.63, 3.8) is 0 Å². The van der Waals surface area contributed by atoms with E-state index in [1.54, 1.807) is 6.33 Å². The normalized spacial score (nSPS) is 12.8. The van der Waals surface area contributed by atoms with Crippen molar-refractivity contribution in [3.8, 4) is 0 Å². The first-order valence-corrected chi connectivity index (χ1v) is 4.39. The number of allylic oxidation sites excluding steroid dienone is 2. The third kappa shape index (κ3) is 1.91. The van der Waals surface area contributed by atoms with Gasteiger partial charge in [-0.1, -0.05) is 26.0 Å². The van der Waals surface area contributed by atoms with E-state index in [-0.39, 0.29) is 0 Å². The maximum atomic E-state index is 4.16. The van der Waals surface area contributed by atoms with E-state index in [0.717, 1.165) is 12.8 Å². The summed E-state index contributed by atoms with van der Waals surface area (Å²) < 4.78 is 0. The van der Waals surface area contributed by atoms with Gasteiger partial charge in [-0.2, -0.15) is 0 Å². The summed E-state index contributed by atoms with van der Waals surface area (Å²) in [5.41, 5.74) is 2.45. The lowest BCUT2D eigenvalue weighted by atomic mass is 10.0. The van der Waals surface area contributed by atoms with Gasteiger partial charge in [-0.25, -0.2) is 9.97 Å². The molecule has 12 heavy (non-hydrogen) atoms. The van der Waals surface area contributed by atoms with Gasteiger partial charge in [0.1, 0.15) is 6.33 Å². The summed E-state index contributed by atoms with van der Waals surface area (Å²) in [6.07, 6.45) is 9.78. The minimum atomic E-state index is 0.970. The number of hydrogen-bond donors (Lipinski definition) is 0. The highest BCUT2D eigenvalue weighted by molar-refractivity contribution is 5.24. The molecule has 1 aliphatic carbocycles. The van der Waals surface area contributed by atoms with Crippen molar-refractivity contribution < 1.29 is 0 Å². The Bertz CT molecular complexity index is 239. The van der Waals surface area contributed by atoms with E-state index < -0.39 is 0 Å². The fourth-order valence-electron chi connectivity index (χ4n) is 1.14. The monoisotopic (exact) mass is 162 g/mol. The third-order valence-corrected chi connectivity index (χ3v) is 1.70. The summed E-state index contributed by atoms with van der Waals surface area (Å²) >= 11 is 0. The van der Waals surface area contributed by atoms with Crippen LogP contribution in [0.4, 0.5) is 0 Å². The molecule has 1 aromatic heterocycles. The summed E-state index contributed by atoms with van der Waals surface area (Å²) in [5.74, 6) is 0. The van der Waals surface area contributed by atoms with Gasteiger partial charge in [0.25, 0.3) is 0 Å². The number of aromatic nitrogens is 2. The van der Waals surface area contributed by atoms with E-state index >= 15 is 0 Å². The van der Waals surface area contributed by atoms with Crippen molar-refractivity contribution in [3.05, 3.63) is 35.9 Å². The van der Waals surface area contributed by atoms with Gasteiger partial charge in [0.2, 0.25) is 0 Å². The topological polar surface area (TPSA) is 25.8 Å². The molecule has 0 spiro atoms. The van der Waals surface area contributed by atoms with Gasteiger partial charge >= 0.3 is 0 Å². The summed E-state index contributed by atoms with van der Waals surface area (Å²) in [4.78, 5) is 8.11. The first-order valence-electron chi connectivity index (χ1n) is 4.39. The Morgan fingerprint density at radius 1 is 1.17 bits per heavy atom. The standard InChI is InChI=1S/C8H8N2.C2H6/c1-2-4-8-7(3-1)5-9-6-10-8;1-2/h1-2,5-6H,3-4H2;1-2H3. The van der Waals surface area contributed by atoms with E-state index in [2.05, 4.69) is 22.1 Å². The van der Waals surface area contributed by atoms with Crippen molar-refractivity contribution in [1.29, 1.82) is 0 Å². The van der Waals surface area contributed by atoms with Crippen LogP contribution in [0.25, 0.3) is 0 Å². The molecule has 0 N–H and O–H groups in total. The van der Waals surface area contributed by atoms with Crippen LogP contribution in [0.2, 0.25) is 0 Å². The highest BCUT2D eigenvalue weighted by Crippen LogP contribution is 2.10. The van der Waals surface area contributed by atoms with E-state index in [4.69, 9.17) is 0 Å². The van der Waals surface area contributed by atoms with Crippen LogP contribution in [0.5, 0.6) is 0 Å². The lowest BCUT2D eigenvalue weighted by Gasteiger charge is -2.06. The summed E-state index contributed by atoms with van der Waals surface area (Å²) in [5, 5.41) is 0. The molecule has 0 aromatic carbocycles. The zero-order valence-corrected chi connectivity index (χ0v) is 7.62. The predicted octanol–water partition coefficient (Wildman–Crippen LogP) is 2.16. The zero-order valence-electron chi connectivity index (χ0n) is 7.62. The second-order valence-corrected chi connectivity index (χ2v) is 2.37. The van der Waals surface area contributed by atoms with E-state index in [9.17, 15) is 0 Å². The molecule has 2 nitrogen and oxygen atoms in total. The minimum Gasteiger partial charge on any atom is -0.245 e. The molecule has 1 heterocycles. The molecule has 0 radical (unpaired) electrons. The van der Waals surface area contributed by atoms with Crippen molar-refractivity contribution >= 4 is 0 Å². The molecule has 2 rings (SSSR count). The second-order valence-electron chi connectivity index (χ2n) is 2.37. The van der Waals surface area contributed by atoms with Crippen LogP contribution in [-0.2, 0) is 12.8 Å². The molecule has 0 saturated carbocycles. The SMILES string of the molecule is C1=CCc2ncncc2C1.CC. The number of rotatable bonds is 0. The van der Waals surface area contributed by atoms with Crippen LogP contribution in [0.15, 0.2) is 24.7 Å². The Kier molecular flexibility index (Phi) is 3.45. The van der Waals surface area contributed by atoms with Crippen LogP contribution < -0.4 is 0 Å². The molecule has 0 atom stereocenters. The third-order valence-electron chi connectivity index (χ3n) is 1.70. The lowest BCUT2D eigenvalue weighted by Crippen LogP contribution is -2.00. The van der Waals surface area contributed by atoms with Gasteiger partial charge in [0, 0.05) is 12.6 Å². The van der Waals surface area contributed by atoms with E-state index in [0.29, 0.717) is 0 Å². The maximum Gasteiger partial charge on any atom is 0.115 e. The minimum absolute atomic E-state index is 0.970. The smallest absolute Gasteiger partial charge is 0.115 e. The number of nitrogens with zero attached hydrogens (tertiary/aromatic N) is 2. The van der Waals surface area contributed by atoms with Crippen LogP contribution in [-0.4, -0.2) is 9.97 Å². The summed E-state index contributed by atoms with van der Waals surface area (Å²) in [7, 11) is 0. The Labute approximate surface area is 73.4 Å². The Balaban J connectivity index is 0.000000336. The number of fused-ring (bicyclic) bond motifs is 1. The van der Waals surface area contributed by atoms with Crippen LogP contribution in [0.1, 0.15) is 25.1 Å². The lowest BCUT2D eigenvalue weighted by molar-refractivity contribution is 0.960. The second kappa shape index (κ2) is 4.65. The maximum absolute atomic E-state index is 4.16. The largest absolute Gasteiger partial charge is 0.245 e. The average Bonchev–Trinajstić information content (AvgIpc) is 2.21. The Morgan fingerprint density at radius 3 is 2.67 bits per heavy atom. The molecule has 2 heteroatoms. The highest BCUT2D eigenvalue weighted by Gasteiger charge is 2.03. The molecule has 0 saturated heterocycles. The summed E-state index contributed by atoms with van der Waals surface area (Å²) in [6, 6.07) is 0. The Hall–Kier alpha value is -1.18. The first-order chi connectivity index (χ1) is 5.97. The molecule has 0 aliphatic heterocycles. The zero-order chi connectivity index (χ0) is 8.81.